The van der Waals surface area contributed by atoms with Gasteiger partial charge in [0.05, 0.1) is 6.61 Å². The highest BCUT2D eigenvalue weighted by molar-refractivity contribution is 5.83. The Bertz CT molecular complexity index is 194. The second-order valence-corrected chi connectivity index (χ2v) is 3.32. The first kappa shape index (κ1) is 10.4. The Morgan fingerprint density at radius 3 is 2.92 bits per heavy atom. The molecule has 76 valence electrons. The van der Waals surface area contributed by atoms with Gasteiger partial charge in [0.2, 0.25) is 0 Å². The number of hydroxylamine groups is 2. The standard InChI is InChI=1S/C8H15N2O3/c1-2-3-8(7(9)11)6-10(12)4-5-13-8/h2-6H2,1H3,(H2,9,11)/q-1. The second-order valence-electron chi connectivity index (χ2n) is 3.32. The van der Waals surface area contributed by atoms with Gasteiger partial charge in [-0.3, -0.25) is 4.79 Å². The molecule has 1 aliphatic heterocycles. The van der Waals surface area contributed by atoms with E-state index in [1.54, 1.807) is 0 Å². The van der Waals surface area contributed by atoms with Crippen molar-refractivity contribution in [1.29, 1.82) is 0 Å². The van der Waals surface area contributed by atoms with Crippen molar-refractivity contribution in [2.24, 2.45) is 5.73 Å². The summed E-state index contributed by atoms with van der Waals surface area (Å²) in [5, 5.41) is 11.9. The van der Waals surface area contributed by atoms with Gasteiger partial charge in [-0.1, -0.05) is 13.3 Å². The highest BCUT2D eigenvalue weighted by Crippen LogP contribution is 2.22. The molecule has 1 saturated heterocycles. The van der Waals surface area contributed by atoms with E-state index < -0.39 is 11.5 Å². The molecular formula is C8H15N2O3-. The van der Waals surface area contributed by atoms with Crippen LogP contribution >= 0.6 is 0 Å². The molecule has 1 amide bonds. The number of nitrogens with zero attached hydrogens (tertiary/aromatic N) is 1. The van der Waals surface area contributed by atoms with E-state index in [2.05, 4.69) is 0 Å². The van der Waals surface area contributed by atoms with Crippen LogP contribution in [-0.4, -0.2) is 36.3 Å². The van der Waals surface area contributed by atoms with E-state index in [1.807, 2.05) is 6.92 Å². The molecule has 0 bridgehead atoms. The highest BCUT2D eigenvalue weighted by atomic mass is 16.5. The van der Waals surface area contributed by atoms with E-state index in [-0.39, 0.29) is 13.2 Å². The summed E-state index contributed by atoms with van der Waals surface area (Å²) in [6.07, 6.45) is 1.29. The summed E-state index contributed by atoms with van der Waals surface area (Å²) >= 11 is 0. The molecular weight excluding hydrogens is 172 g/mol. The molecule has 1 heterocycles. The maximum absolute atomic E-state index is 11.1. The van der Waals surface area contributed by atoms with Crippen molar-refractivity contribution in [3.8, 4) is 0 Å². The van der Waals surface area contributed by atoms with Gasteiger partial charge in [-0.05, 0) is 6.42 Å². The Balaban J connectivity index is 2.70. The third-order valence-electron chi connectivity index (χ3n) is 2.25. The summed E-state index contributed by atoms with van der Waals surface area (Å²) in [6, 6.07) is 0. The molecule has 0 saturated carbocycles. The first-order valence-corrected chi connectivity index (χ1v) is 4.46. The largest absolute Gasteiger partial charge is 0.785 e. The lowest BCUT2D eigenvalue weighted by Gasteiger charge is -2.43. The van der Waals surface area contributed by atoms with E-state index in [1.165, 1.54) is 0 Å². The minimum atomic E-state index is -1.05. The average molecular weight is 187 g/mol. The van der Waals surface area contributed by atoms with Gasteiger partial charge in [0.15, 0.2) is 5.60 Å². The number of rotatable bonds is 3. The van der Waals surface area contributed by atoms with E-state index in [0.717, 1.165) is 11.5 Å². The van der Waals surface area contributed by atoms with Crippen LogP contribution in [0.4, 0.5) is 0 Å². The minimum absolute atomic E-state index is 0.0656. The predicted molar refractivity (Wildman–Crippen MR) is 47.7 cm³/mol. The molecule has 1 rings (SSSR count). The van der Waals surface area contributed by atoms with Crippen molar-refractivity contribution in [1.82, 2.24) is 5.06 Å². The lowest BCUT2D eigenvalue weighted by atomic mass is 9.95. The molecule has 0 aromatic heterocycles. The summed E-state index contributed by atoms with van der Waals surface area (Å²) in [5.41, 5.74) is 4.17. The molecule has 1 fully saturated rings. The fraction of sp³-hybridized carbons (Fsp3) is 0.875. The minimum Gasteiger partial charge on any atom is -0.785 e. The summed E-state index contributed by atoms with van der Waals surface area (Å²) in [5.74, 6) is -0.532. The lowest BCUT2D eigenvalue weighted by molar-refractivity contribution is -0.155. The predicted octanol–water partition coefficient (Wildman–Crippen LogP) is -0.159. The third kappa shape index (κ3) is 2.18. The zero-order valence-corrected chi connectivity index (χ0v) is 7.78. The zero-order valence-electron chi connectivity index (χ0n) is 7.78. The van der Waals surface area contributed by atoms with Crippen LogP contribution in [0.1, 0.15) is 19.8 Å². The van der Waals surface area contributed by atoms with Crippen LogP contribution < -0.4 is 5.73 Å². The van der Waals surface area contributed by atoms with Crippen LogP contribution in [0.15, 0.2) is 0 Å². The number of nitrogens with two attached hydrogens (primary N) is 1. The Morgan fingerprint density at radius 2 is 2.46 bits per heavy atom. The van der Waals surface area contributed by atoms with Crippen molar-refractivity contribution in [3.05, 3.63) is 5.21 Å². The van der Waals surface area contributed by atoms with Gasteiger partial charge < -0.3 is 20.7 Å². The molecule has 1 atom stereocenters. The first-order valence-electron chi connectivity index (χ1n) is 4.46. The maximum Gasteiger partial charge on any atom is 0.250 e. The van der Waals surface area contributed by atoms with E-state index >= 15 is 0 Å². The van der Waals surface area contributed by atoms with Crippen LogP contribution in [0.2, 0.25) is 0 Å². The van der Waals surface area contributed by atoms with Gasteiger partial charge in [0.1, 0.15) is 0 Å². The molecule has 13 heavy (non-hydrogen) atoms. The van der Waals surface area contributed by atoms with Crippen LogP contribution in [0.5, 0.6) is 0 Å². The fourth-order valence-electron chi connectivity index (χ4n) is 1.58. The molecule has 0 aromatic carbocycles. The second kappa shape index (κ2) is 4.04. The Kier molecular flexibility index (Phi) is 3.24. The van der Waals surface area contributed by atoms with Crippen molar-refractivity contribution in [2.45, 2.75) is 25.4 Å². The van der Waals surface area contributed by atoms with Gasteiger partial charge in [-0.15, -0.1) is 0 Å². The smallest absolute Gasteiger partial charge is 0.250 e. The first-order chi connectivity index (χ1) is 6.10. The van der Waals surface area contributed by atoms with Gasteiger partial charge >= 0.3 is 0 Å². The normalized spacial score (nSPS) is 30.3. The molecule has 2 N–H and O–H groups in total. The molecule has 1 aliphatic rings. The average Bonchev–Trinajstić information content (AvgIpc) is 2.04. The van der Waals surface area contributed by atoms with Crippen LogP contribution in [0.3, 0.4) is 0 Å². The van der Waals surface area contributed by atoms with Crippen molar-refractivity contribution in [2.75, 3.05) is 19.7 Å². The third-order valence-corrected chi connectivity index (χ3v) is 2.25. The molecule has 5 nitrogen and oxygen atoms in total. The van der Waals surface area contributed by atoms with Gasteiger partial charge in [-0.2, -0.15) is 0 Å². The Labute approximate surface area is 77.4 Å². The summed E-state index contributed by atoms with van der Waals surface area (Å²) in [7, 11) is 0. The number of ether oxygens (including phenoxy) is 1. The molecule has 0 radical (unpaired) electrons. The van der Waals surface area contributed by atoms with Gasteiger partial charge in [0, 0.05) is 13.1 Å². The zero-order chi connectivity index (χ0) is 9.90. The molecule has 1 unspecified atom stereocenters. The quantitative estimate of drug-likeness (QED) is 0.666. The van der Waals surface area contributed by atoms with Crippen molar-refractivity contribution < 1.29 is 9.53 Å². The number of hydrogen-bond donors (Lipinski definition) is 1. The van der Waals surface area contributed by atoms with Crippen molar-refractivity contribution in [3.63, 3.8) is 0 Å². The van der Waals surface area contributed by atoms with Gasteiger partial charge in [0.25, 0.3) is 5.91 Å². The summed E-state index contributed by atoms with van der Waals surface area (Å²) in [4.78, 5) is 11.1. The number of hydrogen-bond acceptors (Lipinski definition) is 4. The lowest BCUT2D eigenvalue weighted by Crippen LogP contribution is -2.57. The Hall–Kier alpha value is -0.650. The van der Waals surface area contributed by atoms with Crippen LogP contribution in [-0.2, 0) is 9.53 Å². The summed E-state index contributed by atoms with van der Waals surface area (Å²) < 4.78 is 5.32. The van der Waals surface area contributed by atoms with Gasteiger partial charge in [-0.25, -0.2) is 0 Å². The van der Waals surface area contributed by atoms with Crippen molar-refractivity contribution >= 4 is 5.91 Å². The van der Waals surface area contributed by atoms with E-state index in [4.69, 9.17) is 10.5 Å². The summed E-state index contributed by atoms with van der Waals surface area (Å²) in [6.45, 7) is 2.60. The number of amides is 1. The number of carbonyl (C=O) groups is 1. The van der Waals surface area contributed by atoms with E-state index in [9.17, 15) is 10.0 Å². The molecule has 5 heteroatoms. The van der Waals surface area contributed by atoms with E-state index in [0.29, 0.717) is 13.0 Å². The number of carbonyl (C=O) groups excluding carboxylic acids is 1. The monoisotopic (exact) mass is 187 g/mol. The Morgan fingerprint density at radius 1 is 1.77 bits per heavy atom. The maximum atomic E-state index is 11.1. The van der Waals surface area contributed by atoms with Crippen LogP contribution in [0.25, 0.3) is 0 Å². The molecule has 0 spiro atoms. The molecule has 0 aromatic rings. The SMILES string of the molecule is CCCC1(C(N)=O)CN([O-])CCO1. The van der Waals surface area contributed by atoms with Crippen LogP contribution in [0, 0.1) is 5.21 Å². The number of primary amides is 1. The highest BCUT2D eigenvalue weighted by Gasteiger charge is 2.39. The number of morpholine rings is 1. The molecule has 0 aliphatic carbocycles. The topological polar surface area (TPSA) is 78.6 Å². The fourth-order valence-corrected chi connectivity index (χ4v) is 1.58.